The molecule has 3 heterocycles. The number of nitrogens with zero attached hydrogens (tertiary/aromatic N) is 2. The van der Waals surface area contributed by atoms with Crippen molar-refractivity contribution in [2.75, 3.05) is 4.90 Å². The number of nitro benzene ring substituents is 1. The highest BCUT2D eigenvalue weighted by molar-refractivity contribution is 8.00. The third kappa shape index (κ3) is 2.79. The quantitative estimate of drug-likeness (QED) is 0.381. The molecule has 1 aromatic heterocycles. The Morgan fingerprint density at radius 1 is 1.00 bits per heavy atom. The van der Waals surface area contributed by atoms with Crippen LogP contribution >= 0.6 is 23.1 Å². The van der Waals surface area contributed by atoms with E-state index < -0.39 is 22.0 Å². The molecule has 0 unspecified atom stereocenters. The number of para-hydroxylation sites is 1. The van der Waals surface area contributed by atoms with Gasteiger partial charge in [0.05, 0.1) is 21.6 Å². The highest BCUT2D eigenvalue weighted by atomic mass is 32.2. The molecule has 0 saturated carbocycles. The second kappa shape index (κ2) is 6.92. The molecule has 2 aliphatic rings. The van der Waals surface area contributed by atoms with E-state index in [1.807, 2.05) is 0 Å². The summed E-state index contributed by atoms with van der Waals surface area (Å²) in [4.78, 5) is 53.7. The van der Waals surface area contributed by atoms with Gasteiger partial charge < -0.3 is 4.98 Å². The van der Waals surface area contributed by atoms with E-state index in [4.69, 9.17) is 0 Å². The fourth-order valence-electron chi connectivity index (χ4n) is 4.04. The Labute approximate surface area is 177 Å². The van der Waals surface area contributed by atoms with Crippen molar-refractivity contribution in [1.82, 2.24) is 4.98 Å². The zero-order chi connectivity index (χ0) is 21.0. The first-order valence-electron chi connectivity index (χ1n) is 9.02. The number of fused-ring (bicyclic) bond motifs is 2. The summed E-state index contributed by atoms with van der Waals surface area (Å²) in [5.74, 6) is -2.11. The number of nitro groups is 1. The van der Waals surface area contributed by atoms with E-state index >= 15 is 0 Å². The van der Waals surface area contributed by atoms with Crippen molar-refractivity contribution in [2.45, 2.75) is 16.2 Å². The van der Waals surface area contributed by atoms with Crippen LogP contribution in [0.4, 0.5) is 11.4 Å². The second-order valence-electron chi connectivity index (χ2n) is 6.95. The van der Waals surface area contributed by atoms with E-state index in [-0.39, 0.29) is 22.4 Å². The summed E-state index contributed by atoms with van der Waals surface area (Å²) in [5, 5.41) is 11.1. The summed E-state index contributed by atoms with van der Waals surface area (Å²) in [6.45, 7) is 0. The number of carbonyl (C=O) groups is 2. The number of hydrogen-bond acceptors (Lipinski definition) is 7. The SMILES string of the molecule is O=C1[C@H]2[C@@H](c3cccc([N+](=O)[O-])c3)c3sc(=O)[nH]c3S[C@@H]2C(=O)N1c1ccccc1. The number of carbonyl (C=O) groups excluding carboxylic acids is 2. The molecule has 5 rings (SSSR count). The van der Waals surface area contributed by atoms with Gasteiger partial charge in [-0.3, -0.25) is 24.5 Å². The number of amides is 2. The molecule has 2 amide bonds. The zero-order valence-electron chi connectivity index (χ0n) is 15.2. The maximum absolute atomic E-state index is 13.4. The van der Waals surface area contributed by atoms with Crippen molar-refractivity contribution < 1.29 is 14.5 Å². The molecule has 1 fully saturated rings. The second-order valence-corrected chi connectivity index (χ2v) is 9.12. The first-order chi connectivity index (χ1) is 14.5. The summed E-state index contributed by atoms with van der Waals surface area (Å²) in [7, 11) is 0. The molecule has 3 atom stereocenters. The van der Waals surface area contributed by atoms with Gasteiger partial charge in [0.2, 0.25) is 11.8 Å². The molecule has 150 valence electrons. The standard InChI is InChI=1S/C20H13N3O5S2/c24-18-14-13(10-5-4-8-12(9-10)23(27)28)15-17(21-20(26)30-15)29-16(14)19(25)22(18)11-6-2-1-3-7-11/h1-9,13-14,16H,(H,21,26)/t13-,14+,16+/m1/s1. The summed E-state index contributed by atoms with van der Waals surface area (Å²) >= 11 is 2.15. The van der Waals surface area contributed by atoms with Gasteiger partial charge in [-0.25, -0.2) is 4.90 Å². The van der Waals surface area contributed by atoms with Gasteiger partial charge in [-0.15, -0.1) is 0 Å². The van der Waals surface area contributed by atoms with Crippen LogP contribution in [0.3, 0.4) is 0 Å². The molecule has 0 spiro atoms. The van der Waals surface area contributed by atoms with E-state index in [0.29, 0.717) is 21.2 Å². The minimum atomic E-state index is -0.760. The van der Waals surface area contributed by atoms with E-state index in [1.54, 1.807) is 42.5 Å². The van der Waals surface area contributed by atoms with Gasteiger partial charge in [0, 0.05) is 22.9 Å². The molecule has 0 bridgehead atoms. The van der Waals surface area contributed by atoms with Crippen LogP contribution in [0.25, 0.3) is 0 Å². The van der Waals surface area contributed by atoms with Crippen LogP contribution in [0.15, 0.2) is 64.4 Å². The lowest BCUT2D eigenvalue weighted by Crippen LogP contribution is -2.32. The Hall–Kier alpha value is -3.24. The first kappa shape index (κ1) is 18.8. The lowest BCUT2D eigenvalue weighted by Gasteiger charge is -2.29. The lowest BCUT2D eigenvalue weighted by molar-refractivity contribution is -0.384. The summed E-state index contributed by atoms with van der Waals surface area (Å²) in [6.07, 6.45) is 0. The maximum atomic E-state index is 13.4. The minimum absolute atomic E-state index is 0.108. The Morgan fingerprint density at radius 3 is 2.50 bits per heavy atom. The van der Waals surface area contributed by atoms with Crippen LogP contribution in [0.5, 0.6) is 0 Å². The number of thiazole rings is 1. The molecule has 10 heteroatoms. The number of anilines is 1. The average molecular weight is 439 g/mol. The number of aromatic amines is 1. The van der Waals surface area contributed by atoms with Crippen molar-refractivity contribution in [3.05, 3.63) is 84.8 Å². The van der Waals surface area contributed by atoms with Crippen molar-refractivity contribution in [3.63, 3.8) is 0 Å². The van der Waals surface area contributed by atoms with Gasteiger partial charge in [0.25, 0.3) is 5.69 Å². The number of rotatable bonds is 3. The number of aromatic nitrogens is 1. The summed E-state index contributed by atoms with van der Waals surface area (Å²) in [5.41, 5.74) is 0.910. The molecular formula is C20H13N3O5S2. The van der Waals surface area contributed by atoms with Gasteiger partial charge in [-0.1, -0.05) is 53.4 Å². The smallest absolute Gasteiger partial charge is 0.305 e. The normalized spacial score (nSPS) is 22.7. The first-order valence-corrected chi connectivity index (χ1v) is 10.7. The van der Waals surface area contributed by atoms with E-state index in [1.165, 1.54) is 28.8 Å². The average Bonchev–Trinajstić information content (AvgIpc) is 3.23. The largest absolute Gasteiger partial charge is 0.307 e. The third-order valence-corrected chi connectivity index (χ3v) is 7.68. The molecule has 2 aromatic carbocycles. The number of H-pyrrole nitrogens is 1. The monoisotopic (exact) mass is 439 g/mol. The Balaban J connectivity index is 1.67. The van der Waals surface area contributed by atoms with Gasteiger partial charge in [0.1, 0.15) is 5.25 Å². The summed E-state index contributed by atoms with van der Waals surface area (Å²) in [6, 6.07) is 14.7. The highest BCUT2D eigenvalue weighted by Gasteiger charge is 2.56. The molecule has 0 radical (unpaired) electrons. The molecule has 2 aliphatic heterocycles. The van der Waals surface area contributed by atoms with Crippen molar-refractivity contribution in [3.8, 4) is 0 Å². The number of imide groups is 1. The van der Waals surface area contributed by atoms with Crippen LogP contribution in [0.1, 0.15) is 16.4 Å². The predicted octanol–water partition coefficient (Wildman–Crippen LogP) is 3.14. The van der Waals surface area contributed by atoms with Crippen LogP contribution in [-0.2, 0) is 9.59 Å². The molecule has 30 heavy (non-hydrogen) atoms. The van der Waals surface area contributed by atoms with Gasteiger partial charge in [-0.05, 0) is 17.7 Å². The fraction of sp³-hybridized carbons (Fsp3) is 0.150. The lowest BCUT2D eigenvalue weighted by atomic mass is 9.83. The van der Waals surface area contributed by atoms with Crippen molar-refractivity contribution in [1.29, 1.82) is 0 Å². The summed E-state index contributed by atoms with van der Waals surface area (Å²) < 4.78 is 0. The fourth-order valence-corrected chi connectivity index (χ4v) is 6.55. The zero-order valence-corrected chi connectivity index (χ0v) is 16.8. The van der Waals surface area contributed by atoms with Crippen molar-refractivity contribution >= 4 is 46.3 Å². The predicted molar refractivity (Wildman–Crippen MR) is 112 cm³/mol. The van der Waals surface area contributed by atoms with Crippen LogP contribution in [0, 0.1) is 16.0 Å². The van der Waals surface area contributed by atoms with E-state index in [9.17, 15) is 24.5 Å². The van der Waals surface area contributed by atoms with E-state index in [0.717, 1.165) is 11.3 Å². The number of benzene rings is 2. The minimum Gasteiger partial charge on any atom is -0.307 e. The van der Waals surface area contributed by atoms with Crippen LogP contribution in [0.2, 0.25) is 0 Å². The van der Waals surface area contributed by atoms with Crippen LogP contribution in [-0.4, -0.2) is 27.0 Å². The Kier molecular flexibility index (Phi) is 4.33. The Bertz CT molecular complexity index is 1250. The molecule has 0 aliphatic carbocycles. The molecular weight excluding hydrogens is 426 g/mol. The van der Waals surface area contributed by atoms with Gasteiger partial charge in [0.15, 0.2) is 0 Å². The molecule has 3 aromatic rings. The number of hydrogen-bond donors (Lipinski definition) is 1. The number of thioether (sulfide) groups is 1. The number of non-ortho nitro benzene ring substituents is 1. The number of nitrogens with one attached hydrogen (secondary N) is 1. The molecule has 1 saturated heterocycles. The van der Waals surface area contributed by atoms with Crippen molar-refractivity contribution in [2.24, 2.45) is 5.92 Å². The van der Waals surface area contributed by atoms with Gasteiger partial charge in [-0.2, -0.15) is 0 Å². The highest BCUT2D eigenvalue weighted by Crippen LogP contribution is 2.53. The van der Waals surface area contributed by atoms with Crippen LogP contribution < -0.4 is 9.77 Å². The van der Waals surface area contributed by atoms with Gasteiger partial charge >= 0.3 is 4.87 Å². The maximum Gasteiger partial charge on any atom is 0.305 e. The topological polar surface area (TPSA) is 113 Å². The Morgan fingerprint density at radius 2 is 1.77 bits per heavy atom. The third-order valence-electron chi connectivity index (χ3n) is 5.28. The molecule has 8 nitrogen and oxygen atoms in total. The van der Waals surface area contributed by atoms with E-state index in [2.05, 4.69) is 4.98 Å². The molecule has 1 N–H and O–H groups in total.